The number of benzene rings is 7. The van der Waals surface area contributed by atoms with Crippen molar-refractivity contribution in [1.82, 2.24) is 15.0 Å². The molecule has 3 nitrogen and oxygen atoms in total. The molecule has 5 heteroatoms. The molecule has 0 amide bonds. The molecule has 0 atom stereocenters. The largest absolute Gasteiger partial charge is 0.285 e. The van der Waals surface area contributed by atoms with Crippen molar-refractivity contribution in [3.63, 3.8) is 0 Å². The first kappa shape index (κ1) is 40.2. The molecule has 59 heavy (non-hydrogen) atoms. The Hall–Kier alpha value is -5.58. The van der Waals surface area contributed by atoms with Gasteiger partial charge in [-0.05, 0) is 67.1 Å². The summed E-state index contributed by atoms with van der Waals surface area (Å²) >= 11 is 1.71. The summed E-state index contributed by atoms with van der Waals surface area (Å²) in [6.45, 7) is 8.94. The zero-order chi connectivity index (χ0) is 39.6. The van der Waals surface area contributed by atoms with E-state index >= 15 is 0 Å². The third-order valence-electron chi connectivity index (χ3n) is 11.5. The molecule has 0 unspecified atom stereocenters. The quantitative estimate of drug-likeness (QED) is 0.142. The Labute approximate surface area is 365 Å². The van der Waals surface area contributed by atoms with E-state index in [9.17, 15) is 0 Å². The molecule has 2 heterocycles. The van der Waals surface area contributed by atoms with Gasteiger partial charge in [0.15, 0.2) is 0 Å². The second kappa shape index (κ2) is 17.3. The van der Waals surface area contributed by atoms with Gasteiger partial charge in [-0.3, -0.25) is 15.0 Å². The third-order valence-corrected chi connectivity index (χ3v) is 12.6. The molecule has 0 aliphatic heterocycles. The number of thiazole rings is 1. The molecular formula is C54H45IrN3S-2. The SMILES string of the molecule is CCCC1(CCC)c2ccccc2-c2c[c-]c(-c3nc(-c4c(C)cccc4C)c4ccccc4n3)cc21.[Ir].[c-]1ccc(-c2ccccc2)cc1-c1nc2ccccc2s1. The van der Waals surface area contributed by atoms with Crippen LogP contribution in [0.25, 0.3) is 76.6 Å². The molecular weight excluding hydrogens is 915 g/mol. The Morgan fingerprint density at radius 2 is 1.27 bits per heavy atom. The van der Waals surface area contributed by atoms with Gasteiger partial charge >= 0.3 is 0 Å². The summed E-state index contributed by atoms with van der Waals surface area (Å²) in [6.07, 6.45) is 4.57. The van der Waals surface area contributed by atoms with Crippen molar-refractivity contribution in [2.24, 2.45) is 0 Å². The maximum absolute atomic E-state index is 5.24. The fourth-order valence-electron chi connectivity index (χ4n) is 9.00. The van der Waals surface area contributed by atoms with Gasteiger partial charge in [-0.15, -0.1) is 64.7 Å². The molecule has 0 bridgehead atoms. The van der Waals surface area contributed by atoms with Gasteiger partial charge in [0.25, 0.3) is 0 Å². The Morgan fingerprint density at radius 1 is 0.576 bits per heavy atom. The second-order valence-corrected chi connectivity index (χ2v) is 16.4. The van der Waals surface area contributed by atoms with Crippen LogP contribution in [0.3, 0.4) is 0 Å². The van der Waals surface area contributed by atoms with Gasteiger partial charge in [0, 0.05) is 46.2 Å². The van der Waals surface area contributed by atoms with Crippen LogP contribution in [0.2, 0.25) is 0 Å². The summed E-state index contributed by atoms with van der Waals surface area (Å²) < 4.78 is 1.21. The molecule has 0 fully saturated rings. The molecule has 7 aromatic carbocycles. The van der Waals surface area contributed by atoms with Crippen molar-refractivity contribution in [3.8, 4) is 55.5 Å². The van der Waals surface area contributed by atoms with E-state index in [1.807, 2.05) is 24.3 Å². The number of fused-ring (bicyclic) bond motifs is 5. The van der Waals surface area contributed by atoms with Gasteiger partial charge in [0.05, 0.1) is 22.6 Å². The Bertz CT molecular complexity index is 2850. The van der Waals surface area contributed by atoms with Crippen LogP contribution in [0.1, 0.15) is 61.8 Å². The van der Waals surface area contributed by atoms with Crippen LogP contribution in [0.5, 0.6) is 0 Å². The fraction of sp³-hybridized carbons (Fsp3) is 0.167. The zero-order valence-corrected chi connectivity index (χ0v) is 37.1. The normalized spacial score (nSPS) is 12.3. The van der Waals surface area contributed by atoms with Crippen molar-refractivity contribution in [2.45, 2.75) is 58.8 Å². The van der Waals surface area contributed by atoms with Crippen molar-refractivity contribution in [3.05, 3.63) is 186 Å². The maximum Gasteiger partial charge on any atom is 0.0763 e. The van der Waals surface area contributed by atoms with Gasteiger partial charge in [-0.25, -0.2) is 0 Å². The third kappa shape index (κ3) is 7.60. The maximum atomic E-state index is 5.24. The van der Waals surface area contributed by atoms with Crippen molar-refractivity contribution in [2.75, 3.05) is 0 Å². The summed E-state index contributed by atoms with van der Waals surface area (Å²) in [6, 6.07) is 60.1. The van der Waals surface area contributed by atoms with E-state index in [0.717, 1.165) is 69.8 Å². The van der Waals surface area contributed by atoms with Crippen LogP contribution in [-0.4, -0.2) is 15.0 Å². The first-order valence-corrected chi connectivity index (χ1v) is 21.2. The van der Waals surface area contributed by atoms with Crippen molar-refractivity contribution >= 4 is 32.5 Å². The number of hydrogen-bond donors (Lipinski definition) is 0. The van der Waals surface area contributed by atoms with E-state index < -0.39 is 0 Å². The van der Waals surface area contributed by atoms with E-state index in [1.165, 1.54) is 54.8 Å². The van der Waals surface area contributed by atoms with Gasteiger partial charge in [0.1, 0.15) is 0 Å². The number of nitrogens with zero attached hydrogens (tertiary/aromatic N) is 3. The standard InChI is InChI=1S/C35H33N2.C19H12NS.Ir/c1-5-20-35(21-6-2)29-16-9-7-14-26(29)27-19-18-25(22-30(27)35)34-36-31-17-10-8-15-28(31)33(37-34)32-23(3)12-11-13-24(32)4;1-2-7-14(8-3-1)15-9-6-10-16(13-15)19-20-17-11-4-5-12-18(17)21-19;/h7-17,19,22H,5-6,20-21H2,1-4H3;1-9,11-13H;/q2*-1;. The van der Waals surface area contributed by atoms with Crippen LogP contribution in [-0.2, 0) is 25.5 Å². The van der Waals surface area contributed by atoms with Gasteiger partial charge in [0.2, 0.25) is 0 Å². The Kier molecular flexibility index (Phi) is 11.8. The van der Waals surface area contributed by atoms with Crippen LogP contribution >= 0.6 is 11.3 Å². The number of para-hydroxylation sites is 2. The number of rotatable bonds is 8. The molecule has 0 spiro atoms. The van der Waals surface area contributed by atoms with Crippen LogP contribution < -0.4 is 0 Å². The molecule has 1 radical (unpaired) electrons. The molecule has 0 N–H and O–H groups in total. The summed E-state index contributed by atoms with van der Waals surface area (Å²) in [7, 11) is 0. The minimum absolute atomic E-state index is 0. The molecule has 1 aliphatic rings. The summed E-state index contributed by atoms with van der Waals surface area (Å²) in [5, 5.41) is 2.11. The molecule has 0 saturated heterocycles. The van der Waals surface area contributed by atoms with Gasteiger partial charge < -0.3 is 0 Å². The van der Waals surface area contributed by atoms with Gasteiger partial charge in [-0.1, -0.05) is 141 Å². The second-order valence-electron chi connectivity index (χ2n) is 15.3. The van der Waals surface area contributed by atoms with Crippen LogP contribution in [0.15, 0.2) is 152 Å². The van der Waals surface area contributed by atoms with E-state index in [-0.39, 0.29) is 25.5 Å². The van der Waals surface area contributed by atoms with E-state index in [2.05, 4.69) is 167 Å². The summed E-state index contributed by atoms with van der Waals surface area (Å²) in [4.78, 5) is 15.0. The summed E-state index contributed by atoms with van der Waals surface area (Å²) in [5.41, 5.74) is 16.7. The summed E-state index contributed by atoms with van der Waals surface area (Å²) in [5.74, 6) is 0.747. The van der Waals surface area contributed by atoms with E-state index in [4.69, 9.17) is 15.0 Å². The molecule has 9 aromatic rings. The zero-order valence-electron chi connectivity index (χ0n) is 33.8. The van der Waals surface area contributed by atoms with Crippen molar-refractivity contribution in [1.29, 1.82) is 0 Å². The first-order valence-electron chi connectivity index (χ1n) is 20.4. The van der Waals surface area contributed by atoms with Gasteiger partial charge in [-0.2, -0.15) is 11.3 Å². The van der Waals surface area contributed by atoms with Crippen LogP contribution in [0, 0.1) is 26.0 Å². The minimum atomic E-state index is 0. The first-order chi connectivity index (χ1) is 28.5. The molecule has 2 aromatic heterocycles. The van der Waals surface area contributed by atoms with E-state index in [0.29, 0.717) is 0 Å². The Balaban J connectivity index is 0.000000186. The number of aryl methyl sites for hydroxylation is 2. The monoisotopic (exact) mass is 960 g/mol. The number of aromatic nitrogens is 3. The molecule has 293 valence electrons. The average molecular weight is 960 g/mol. The minimum Gasteiger partial charge on any atom is -0.285 e. The smallest absolute Gasteiger partial charge is 0.0763 e. The predicted octanol–water partition coefficient (Wildman–Crippen LogP) is 14.7. The van der Waals surface area contributed by atoms with Crippen molar-refractivity contribution < 1.29 is 20.1 Å². The fourth-order valence-corrected chi connectivity index (χ4v) is 9.95. The average Bonchev–Trinajstić information content (AvgIpc) is 3.82. The molecule has 1 aliphatic carbocycles. The van der Waals surface area contributed by atoms with E-state index in [1.54, 1.807) is 11.3 Å². The number of hydrogen-bond acceptors (Lipinski definition) is 4. The van der Waals surface area contributed by atoms with Crippen LogP contribution in [0.4, 0.5) is 0 Å². The predicted molar refractivity (Wildman–Crippen MR) is 244 cm³/mol. The molecule has 0 saturated carbocycles. The topological polar surface area (TPSA) is 38.7 Å². The molecule has 10 rings (SSSR count). The Morgan fingerprint density at radius 3 is 2.03 bits per heavy atom.